The van der Waals surface area contributed by atoms with Gasteiger partial charge in [-0.25, -0.2) is 0 Å². The SMILES string of the molecule is CC.CCC(C)c1ccc2cccc(Br)c2n1. The molecular weight excluding hydrogens is 274 g/mol. The molecule has 0 aliphatic carbocycles. The van der Waals surface area contributed by atoms with Crippen LogP contribution in [-0.4, -0.2) is 4.98 Å². The van der Waals surface area contributed by atoms with Gasteiger partial charge >= 0.3 is 0 Å². The number of hydrogen-bond acceptors (Lipinski definition) is 1. The topological polar surface area (TPSA) is 12.9 Å². The molecule has 0 saturated carbocycles. The Morgan fingerprint density at radius 2 is 1.88 bits per heavy atom. The predicted molar refractivity (Wildman–Crippen MR) is 79.5 cm³/mol. The van der Waals surface area contributed by atoms with Crippen LogP contribution in [0.1, 0.15) is 45.7 Å². The van der Waals surface area contributed by atoms with E-state index in [0.717, 1.165) is 16.4 Å². The fourth-order valence-corrected chi connectivity index (χ4v) is 2.08. The van der Waals surface area contributed by atoms with Crippen molar-refractivity contribution >= 4 is 26.8 Å². The van der Waals surface area contributed by atoms with Crippen molar-refractivity contribution in [3.63, 3.8) is 0 Å². The molecule has 0 bridgehead atoms. The van der Waals surface area contributed by atoms with Gasteiger partial charge in [-0.3, -0.25) is 4.98 Å². The second-order valence-electron chi connectivity index (χ2n) is 3.86. The Hall–Kier alpha value is -0.890. The van der Waals surface area contributed by atoms with E-state index in [4.69, 9.17) is 4.98 Å². The zero-order chi connectivity index (χ0) is 12.8. The first-order valence-corrected chi connectivity index (χ1v) is 7.07. The van der Waals surface area contributed by atoms with E-state index in [1.165, 1.54) is 11.1 Å². The van der Waals surface area contributed by atoms with Crippen molar-refractivity contribution in [3.8, 4) is 0 Å². The first-order valence-electron chi connectivity index (χ1n) is 6.27. The molecular formula is C15H20BrN. The average molecular weight is 294 g/mol. The molecule has 1 nitrogen and oxygen atoms in total. The summed E-state index contributed by atoms with van der Waals surface area (Å²) in [5.41, 5.74) is 2.24. The van der Waals surface area contributed by atoms with Crippen molar-refractivity contribution in [1.82, 2.24) is 4.98 Å². The number of benzene rings is 1. The van der Waals surface area contributed by atoms with Gasteiger partial charge in [0.25, 0.3) is 0 Å². The molecule has 2 heteroatoms. The number of rotatable bonds is 2. The van der Waals surface area contributed by atoms with Crippen LogP contribution in [0, 0.1) is 0 Å². The van der Waals surface area contributed by atoms with Crippen LogP contribution in [-0.2, 0) is 0 Å². The van der Waals surface area contributed by atoms with Gasteiger partial charge in [0.15, 0.2) is 0 Å². The van der Waals surface area contributed by atoms with Crippen molar-refractivity contribution < 1.29 is 0 Å². The van der Waals surface area contributed by atoms with E-state index in [2.05, 4.69) is 48.0 Å². The minimum Gasteiger partial charge on any atom is -0.251 e. The number of pyridine rings is 1. The molecule has 0 aliphatic heterocycles. The quantitative estimate of drug-likeness (QED) is 0.709. The lowest BCUT2D eigenvalue weighted by molar-refractivity contribution is 0.712. The van der Waals surface area contributed by atoms with E-state index in [9.17, 15) is 0 Å². The summed E-state index contributed by atoms with van der Waals surface area (Å²) in [6, 6.07) is 10.4. The van der Waals surface area contributed by atoms with Gasteiger partial charge in [-0.05, 0) is 40.4 Å². The Morgan fingerprint density at radius 1 is 1.18 bits per heavy atom. The van der Waals surface area contributed by atoms with E-state index >= 15 is 0 Å². The van der Waals surface area contributed by atoms with Gasteiger partial charge in [0.2, 0.25) is 0 Å². The van der Waals surface area contributed by atoms with Gasteiger partial charge in [0.1, 0.15) is 0 Å². The molecule has 0 aliphatic rings. The summed E-state index contributed by atoms with van der Waals surface area (Å²) >= 11 is 3.54. The monoisotopic (exact) mass is 293 g/mol. The first kappa shape index (κ1) is 14.2. The van der Waals surface area contributed by atoms with Crippen LogP contribution in [0.15, 0.2) is 34.8 Å². The van der Waals surface area contributed by atoms with Gasteiger partial charge < -0.3 is 0 Å². The molecule has 0 N–H and O–H groups in total. The van der Waals surface area contributed by atoms with E-state index in [1.807, 2.05) is 26.0 Å². The lowest BCUT2D eigenvalue weighted by Gasteiger charge is -2.09. The Balaban J connectivity index is 0.000000686. The number of halogens is 1. The maximum Gasteiger partial charge on any atom is 0.0847 e. The number of hydrogen-bond donors (Lipinski definition) is 0. The van der Waals surface area contributed by atoms with Crippen LogP contribution >= 0.6 is 15.9 Å². The summed E-state index contributed by atoms with van der Waals surface area (Å²) in [6.07, 6.45) is 1.13. The predicted octanol–water partition coefficient (Wildman–Crippen LogP) is 5.54. The fraction of sp³-hybridized carbons (Fsp3) is 0.400. The summed E-state index contributed by atoms with van der Waals surface area (Å²) in [7, 11) is 0. The Bertz CT molecular complexity index is 479. The van der Waals surface area contributed by atoms with Crippen LogP contribution in [0.3, 0.4) is 0 Å². The molecule has 1 atom stereocenters. The molecule has 2 rings (SSSR count). The van der Waals surface area contributed by atoms with Crippen LogP contribution in [0.25, 0.3) is 10.9 Å². The van der Waals surface area contributed by atoms with Gasteiger partial charge in [0.05, 0.1) is 5.52 Å². The average Bonchev–Trinajstić information content (AvgIpc) is 2.40. The molecule has 0 saturated heterocycles. The smallest absolute Gasteiger partial charge is 0.0847 e. The maximum absolute atomic E-state index is 4.70. The molecule has 0 spiro atoms. The van der Waals surface area contributed by atoms with E-state index in [-0.39, 0.29) is 0 Å². The normalized spacial score (nSPS) is 11.8. The standard InChI is InChI=1S/C13H14BrN.C2H6/c1-3-9(2)12-8-7-10-5-4-6-11(14)13(10)15-12;1-2/h4-9H,3H2,1-2H3;1-2H3. The molecule has 2 aromatic rings. The molecule has 1 aromatic carbocycles. The van der Waals surface area contributed by atoms with Gasteiger partial charge in [0, 0.05) is 15.6 Å². The van der Waals surface area contributed by atoms with Crippen LogP contribution in [0.5, 0.6) is 0 Å². The number of fused-ring (bicyclic) bond motifs is 1. The lowest BCUT2D eigenvalue weighted by Crippen LogP contribution is -1.95. The highest BCUT2D eigenvalue weighted by molar-refractivity contribution is 9.10. The lowest BCUT2D eigenvalue weighted by atomic mass is 10.0. The van der Waals surface area contributed by atoms with Crippen molar-refractivity contribution in [2.45, 2.75) is 40.0 Å². The van der Waals surface area contributed by atoms with E-state index < -0.39 is 0 Å². The zero-order valence-corrected chi connectivity index (χ0v) is 12.6. The van der Waals surface area contributed by atoms with Crippen molar-refractivity contribution in [3.05, 3.63) is 40.5 Å². The maximum atomic E-state index is 4.70. The molecule has 0 amide bonds. The molecule has 17 heavy (non-hydrogen) atoms. The second kappa shape index (κ2) is 6.75. The second-order valence-corrected chi connectivity index (χ2v) is 4.71. The van der Waals surface area contributed by atoms with Crippen molar-refractivity contribution in [2.75, 3.05) is 0 Å². The third-order valence-corrected chi connectivity index (χ3v) is 3.45. The molecule has 1 aromatic heterocycles. The highest BCUT2D eigenvalue weighted by Crippen LogP contribution is 2.25. The van der Waals surface area contributed by atoms with Gasteiger partial charge in [-0.15, -0.1) is 0 Å². The van der Waals surface area contributed by atoms with Crippen molar-refractivity contribution in [1.29, 1.82) is 0 Å². The van der Waals surface area contributed by atoms with E-state index in [1.54, 1.807) is 0 Å². The summed E-state index contributed by atoms with van der Waals surface area (Å²) in [4.78, 5) is 4.70. The molecule has 0 fully saturated rings. The van der Waals surface area contributed by atoms with Crippen LogP contribution < -0.4 is 0 Å². The minimum absolute atomic E-state index is 0.529. The van der Waals surface area contributed by atoms with Gasteiger partial charge in [-0.2, -0.15) is 0 Å². The third-order valence-electron chi connectivity index (χ3n) is 2.81. The molecule has 0 radical (unpaired) electrons. The first-order chi connectivity index (χ1) is 8.22. The molecule has 1 unspecified atom stereocenters. The summed E-state index contributed by atoms with van der Waals surface area (Å²) in [6.45, 7) is 8.40. The highest BCUT2D eigenvalue weighted by atomic mass is 79.9. The highest BCUT2D eigenvalue weighted by Gasteiger charge is 2.06. The molecule has 1 heterocycles. The number of nitrogens with zero attached hydrogens (tertiary/aromatic N) is 1. The molecule has 92 valence electrons. The van der Waals surface area contributed by atoms with Crippen molar-refractivity contribution in [2.24, 2.45) is 0 Å². The largest absolute Gasteiger partial charge is 0.251 e. The van der Waals surface area contributed by atoms with Crippen LogP contribution in [0.2, 0.25) is 0 Å². The fourth-order valence-electron chi connectivity index (χ4n) is 1.61. The minimum atomic E-state index is 0.529. The number of aromatic nitrogens is 1. The summed E-state index contributed by atoms with van der Waals surface area (Å²) in [5, 5.41) is 1.19. The summed E-state index contributed by atoms with van der Waals surface area (Å²) in [5.74, 6) is 0.529. The summed E-state index contributed by atoms with van der Waals surface area (Å²) < 4.78 is 1.07. The zero-order valence-electron chi connectivity index (χ0n) is 11.0. The Labute approximate surface area is 112 Å². The Morgan fingerprint density at radius 3 is 2.53 bits per heavy atom. The van der Waals surface area contributed by atoms with Gasteiger partial charge in [-0.1, -0.05) is 45.9 Å². The number of para-hydroxylation sites is 1. The van der Waals surface area contributed by atoms with Crippen LogP contribution in [0.4, 0.5) is 0 Å². The van der Waals surface area contributed by atoms with E-state index in [0.29, 0.717) is 5.92 Å². The third kappa shape index (κ3) is 3.29. The Kier molecular flexibility index (Phi) is 5.63.